The zero-order chi connectivity index (χ0) is 16.4. The first-order valence-electron chi connectivity index (χ1n) is 7.84. The smallest absolute Gasteiger partial charge is 0.233 e. The molecule has 0 bridgehead atoms. The molecule has 1 aliphatic carbocycles. The average Bonchev–Trinajstić information content (AvgIpc) is 2.97. The van der Waals surface area contributed by atoms with Gasteiger partial charge < -0.3 is 15.0 Å². The third-order valence-corrected chi connectivity index (χ3v) is 3.89. The van der Waals surface area contributed by atoms with Gasteiger partial charge in [-0.15, -0.1) is 0 Å². The number of hydrogen-bond donors (Lipinski definition) is 2. The van der Waals surface area contributed by atoms with Gasteiger partial charge in [-0.25, -0.2) is 9.37 Å². The number of aromatic nitrogens is 2. The van der Waals surface area contributed by atoms with Crippen molar-refractivity contribution in [3.8, 4) is 5.75 Å². The van der Waals surface area contributed by atoms with Crippen LogP contribution in [0.4, 0.5) is 10.1 Å². The zero-order valence-electron chi connectivity index (χ0n) is 13.2. The molecule has 5 nitrogen and oxygen atoms in total. The normalized spacial score (nSPS) is 17.0. The standard InChI is InChI=1S/C17H20FN3O2/c1-10(2)23-11-6-7-14(13(18)8-11)21-17(22)12-4-3-5-15-16(12)20-9-19-15/h6-10,12H,3-5H2,1-2H3,(H,19,20)(H,21,22)/t12-/m0/s1. The Morgan fingerprint density at radius 3 is 3.04 bits per heavy atom. The molecule has 3 rings (SSSR count). The highest BCUT2D eigenvalue weighted by Crippen LogP contribution is 2.31. The lowest BCUT2D eigenvalue weighted by molar-refractivity contribution is -0.118. The SMILES string of the molecule is CC(C)Oc1ccc(NC(=O)[C@H]2CCCc3[nH]cnc32)c(F)c1. The van der Waals surface area contributed by atoms with Crippen molar-refractivity contribution in [2.45, 2.75) is 45.1 Å². The van der Waals surface area contributed by atoms with E-state index in [0.717, 1.165) is 30.7 Å². The Hall–Kier alpha value is -2.37. The first-order valence-corrected chi connectivity index (χ1v) is 7.84. The molecule has 6 heteroatoms. The van der Waals surface area contributed by atoms with E-state index in [1.54, 1.807) is 12.4 Å². The van der Waals surface area contributed by atoms with Crippen LogP contribution >= 0.6 is 0 Å². The largest absolute Gasteiger partial charge is 0.491 e. The Bertz CT molecular complexity index is 712. The van der Waals surface area contributed by atoms with E-state index in [2.05, 4.69) is 15.3 Å². The van der Waals surface area contributed by atoms with E-state index in [-0.39, 0.29) is 23.6 Å². The zero-order valence-corrected chi connectivity index (χ0v) is 13.2. The van der Waals surface area contributed by atoms with Gasteiger partial charge >= 0.3 is 0 Å². The Labute approximate surface area is 134 Å². The van der Waals surface area contributed by atoms with Crippen LogP contribution in [0.5, 0.6) is 5.75 Å². The van der Waals surface area contributed by atoms with Crippen molar-refractivity contribution in [3.63, 3.8) is 0 Å². The molecule has 0 unspecified atom stereocenters. The molecule has 1 aromatic carbocycles. The molecular formula is C17H20FN3O2. The second-order valence-electron chi connectivity index (χ2n) is 6.01. The number of carbonyl (C=O) groups excluding carboxylic acids is 1. The molecule has 0 saturated heterocycles. The number of aromatic amines is 1. The first kappa shape index (κ1) is 15.5. The van der Waals surface area contributed by atoms with Crippen molar-refractivity contribution in [2.24, 2.45) is 0 Å². The van der Waals surface area contributed by atoms with Crippen LogP contribution in [0.25, 0.3) is 0 Å². The van der Waals surface area contributed by atoms with Gasteiger partial charge in [-0.1, -0.05) is 0 Å². The fraction of sp³-hybridized carbons (Fsp3) is 0.412. The summed E-state index contributed by atoms with van der Waals surface area (Å²) in [6, 6.07) is 4.47. The molecule has 2 N–H and O–H groups in total. The quantitative estimate of drug-likeness (QED) is 0.908. The number of ether oxygens (including phenoxy) is 1. The summed E-state index contributed by atoms with van der Waals surface area (Å²) in [6.45, 7) is 3.75. The molecule has 2 aromatic rings. The maximum Gasteiger partial charge on any atom is 0.233 e. The predicted octanol–water partition coefficient (Wildman–Crippen LogP) is 3.39. The van der Waals surface area contributed by atoms with Gasteiger partial charge in [0.1, 0.15) is 11.6 Å². The number of imidazole rings is 1. The van der Waals surface area contributed by atoms with E-state index in [4.69, 9.17) is 4.74 Å². The minimum Gasteiger partial charge on any atom is -0.491 e. The molecule has 0 radical (unpaired) electrons. The summed E-state index contributed by atoms with van der Waals surface area (Å²) in [7, 11) is 0. The molecule has 122 valence electrons. The maximum atomic E-state index is 14.1. The average molecular weight is 317 g/mol. The van der Waals surface area contributed by atoms with Crippen molar-refractivity contribution in [1.29, 1.82) is 0 Å². The Morgan fingerprint density at radius 1 is 1.48 bits per heavy atom. The lowest BCUT2D eigenvalue weighted by Gasteiger charge is -2.20. The van der Waals surface area contributed by atoms with E-state index in [0.29, 0.717) is 5.75 Å². The summed E-state index contributed by atoms with van der Waals surface area (Å²) in [4.78, 5) is 19.8. The molecule has 0 saturated carbocycles. The number of halogens is 1. The summed E-state index contributed by atoms with van der Waals surface area (Å²) < 4.78 is 19.6. The molecule has 1 aromatic heterocycles. The highest BCUT2D eigenvalue weighted by atomic mass is 19.1. The number of nitrogens with zero attached hydrogens (tertiary/aromatic N) is 1. The highest BCUT2D eigenvalue weighted by Gasteiger charge is 2.29. The number of rotatable bonds is 4. The number of anilines is 1. The van der Waals surface area contributed by atoms with Crippen molar-refractivity contribution < 1.29 is 13.9 Å². The highest BCUT2D eigenvalue weighted by molar-refractivity contribution is 5.96. The van der Waals surface area contributed by atoms with Gasteiger partial charge in [-0.3, -0.25) is 4.79 Å². The number of amides is 1. The van der Waals surface area contributed by atoms with Crippen molar-refractivity contribution >= 4 is 11.6 Å². The fourth-order valence-corrected chi connectivity index (χ4v) is 2.87. The second kappa shape index (κ2) is 6.40. The summed E-state index contributed by atoms with van der Waals surface area (Å²) in [5, 5.41) is 2.67. The van der Waals surface area contributed by atoms with Crippen LogP contribution in [0.15, 0.2) is 24.5 Å². The minimum absolute atomic E-state index is 0.0323. The third kappa shape index (κ3) is 3.36. The third-order valence-electron chi connectivity index (χ3n) is 3.89. The van der Waals surface area contributed by atoms with E-state index in [1.807, 2.05) is 13.8 Å². The number of H-pyrrole nitrogens is 1. The number of benzene rings is 1. The number of aryl methyl sites for hydroxylation is 1. The van der Waals surface area contributed by atoms with Crippen LogP contribution in [0, 0.1) is 5.82 Å². The molecule has 23 heavy (non-hydrogen) atoms. The lowest BCUT2D eigenvalue weighted by Crippen LogP contribution is -2.25. The van der Waals surface area contributed by atoms with Gasteiger partial charge in [0, 0.05) is 11.8 Å². The Morgan fingerprint density at radius 2 is 2.30 bits per heavy atom. The van der Waals surface area contributed by atoms with Crippen molar-refractivity contribution in [1.82, 2.24) is 9.97 Å². The van der Waals surface area contributed by atoms with Crippen molar-refractivity contribution in [3.05, 3.63) is 41.7 Å². The molecule has 1 atom stereocenters. The Kier molecular flexibility index (Phi) is 4.32. The van der Waals surface area contributed by atoms with Gasteiger partial charge in [-0.05, 0) is 45.2 Å². The summed E-state index contributed by atoms with van der Waals surface area (Å²) in [5.41, 5.74) is 1.93. The van der Waals surface area contributed by atoms with Crippen LogP contribution in [0.1, 0.15) is 44.0 Å². The molecule has 1 heterocycles. The number of hydrogen-bond acceptors (Lipinski definition) is 3. The van der Waals surface area contributed by atoms with Gasteiger partial charge in [-0.2, -0.15) is 0 Å². The monoisotopic (exact) mass is 317 g/mol. The summed E-state index contributed by atoms with van der Waals surface area (Å²) in [6.07, 6.45) is 4.11. The predicted molar refractivity (Wildman–Crippen MR) is 85.1 cm³/mol. The lowest BCUT2D eigenvalue weighted by atomic mass is 9.89. The van der Waals surface area contributed by atoms with E-state index in [9.17, 15) is 9.18 Å². The second-order valence-corrected chi connectivity index (χ2v) is 6.01. The number of fused-ring (bicyclic) bond motifs is 1. The summed E-state index contributed by atoms with van der Waals surface area (Å²) in [5.74, 6) is -0.622. The van der Waals surface area contributed by atoms with Gasteiger partial charge in [0.05, 0.1) is 29.7 Å². The molecule has 0 aliphatic heterocycles. The van der Waals surface area contributed by atoms with Gasteiger partial charge in [0.15, 0.2) is 0 Å². The minimum atomic E-state index is -0.505. The topological polar surface area (TPSA) is 67.0 Å². The fourth-order valence-electron chi connectivity index (χ4n) is 2.87. The molecule has 0 fully saturated rings. The molecule has 1 amide bonds. The molecule has 1 aliphatic rings. The van der Waals surface area contributed by atoms with Gasteiger partial charge in [0.2, 0.25) is 5.91 Å². The van der Waals surface area contributed by atoms with Crippen LogP contribution in [0.3, 0.4) is 0 Å². The van der Waals surface area contributed by atoms with E-state index >= 15 is 0 Å². The van der Waals surface area contributed by atoms with Gasteiger partial charge in [0.25, 0.3) is 0 Å². The molecule has 0 spiro atoms. The van der Waals surface area contributed by atoms with Crippen LogP contribution in [-0.4, -0.2) is 22.0 Å². The van der Waals surface area contributed by atoms with Crippen LogP contribution in [-0.2, 0) is 11.2 Å². The number of nitrogens with one attached hydrogen (secondary N) is 2. The maximum absolute atomic E-state index is 14.1. The molecular weight excluding hydrogens is 297 g/mol. The number of carbonyl (C=O) groups is 1. The first-order chi connectivity index (χ1) is 11.0. The van der Waals surface area contributed by atoms with Crippen molar-refractivity contribution in [2.75, 3.05) is 5.32 Å². The van der Waals surface area contributed by atoms with E-state index < -0.39 is 5.82 Å². The Balaban J connectivity index is 1.74. The van der Waals surface area contributed by atoms with Crippen LogP contribution < -0.4 is 10.1 Å². The van der Waals surface area contributed by atoms with E-state index in [1.165, 1.54) is 12.1 Å². The summed E-state index contributed by atoms with van der Waals surface area (Å²) >= 11 is 0. The van der Waals surface area contributed by atoms with Crippen LogP contribution in [0.2, 0.25) is 0 Å².